The molecule has 1 rings (SSSR count). The highest BCUT2D eigenvalue weighted by molar-refractivity contribution is 5.78. The van der Waals surface area contributed by atoms with Gasteiger partial charge in [0.25, 0.3) is 0 Å². The summed E-state index contributed by atoms with van der Waals surface area (Å²) >= 11 is 0. The predicted molar refractivity (Wildman–Crippen MR) is 73.7 cm³/mol. The lowest BCUT2D eigenvalue weighted by atomic mass is 10.0. The SMILES string of the molecule is CCCC(=O)N1CCC(NC(=O)COC(C)C)CC1. The zero-order chi connectivity index (χ0) is 14.3. The van der Waals surface area contributed by atoms with Gasteiger partial charge in [0.1, 0.15) is 6.61 Å². The molecule has 0 aromatic carbocycles. The molecule has 0 spiro atoms. The Morgan fingerprint density at radius 3 is 2.47 bits per heavy atom. The molecular weight excluding hydrogens is 244 g/mol. The Morgan fingerprint density at radius 1 is 1.32 bits per heavy atom. The molecule has 5 nitrogen and oxygen atoms in total. The van der Waals surface area contributed by atoms with Crippen LogP contribution in [0.25, 0.3) is 0 Å². The van der Waals surface area contributed by atoms with Crippen molar-refractivity contribution in [2.24, 2.45) is 0 Å². The van der Waals surface area contributed by atoms with Gasteiger partial charge in [-0.15, -0.1) is 0 Å². The fraction of sp³-hybridized carbons (Fsp3) is 0.857. The number of nitrogens with zero attached hydrogens (tertiary/aromatic N) is 1. The summed E-state index contributed by atoms with van der Waals surface area (Å²) in [5, 5.41) is 2.96. The minimum absolute atomic E-state index is 0.0629. The Kier molecular flexibility index (Phi) is 6.84. The molecule has 1 fully saturated rings. The van der Waals surface area contributed by atoms with Crippen molar-refractivity contribution in [1.82, 2.24) is 10.2 Å². The summed E-state index contributed by atoms with van der Waals surface area (Å²) in [6.07, 6.45) is 3.26. The lowest BCUT2D eigenvalue weighted by Crippen LogP contribution is -2.47. The van der Waals surface area contributed by atoms with E-state index in [-0.39, 0.29) is 30.6 Å². The largest absolute Gasteiger partial charge is 0.369 e. The van der Waals surface area contributed by atoms with Gasteiger partial charge in [0.05, 0.1) is 6.10 Å². The maximum absolute atomic E-state index is 11.7. The highest BCUT2D eigenvalue weighted by atomic mass is 16.5. The zero-order valence-electron chi connectivity index (χ0n) is 12.3. The van der Waals surface area contributed by atoms with Gasteiger partial charge in [-0.25, -0.2) is 0 Å². The first kappa shape index (κ1) is 16.0. The number of hydrogen-bond acceptors (Lipinski definition) is 3. The average molecular weight is 270 g/mol. The molecular formula is C14H26N2O3. The Bertz CT molecular complexity index is 297. The number of nitrogens with one attached hydrogen (secondary N) is 1. The third-order valence-corrected chi connectivity index (χ3v) is 3.22. The zero-order valence-corrected chi connectivity index (χ0v) is 12.3. The van der Waals surface area contributed by atoms with E-state index in [0.717, 1.165) is 32.4 Å². The third-order valence-electron chi connectivity index (χ3n) is 3.22. The van der Waals surface area contributed by atoms with Crippen molar-refractivity contribution in [2.45, 2.75) is 58.6 Å². The van der Waals surface area contributed by atoms with Gasteiger partial charge in [0.15, 0.2) is 0 Å². The quantitative estimate of drug-likeness (QED) is 0.792. The fourth-order valence-corrected chi connectivity index (χ4v) is 2.16. The minimum atomic E-state index is -0.0629. The Hall–Kier alpha value is -1.10. The molecule has 1 aliphatic heterocycles. The Morgan fingerprint density at radius 2 is 1.95 bits per heavy atom. The van der Waals surface area contributed by atoms with Crippen LogP contribution in [0.5, 0.6) is 0 Å². The molecule has 2 amide bonds. The van der Waals surface area contributed by atoms with Gasteiger partial charge in [-0.1, -0.05) is 6.92 Å². The summed E-state index contributed by atoms with van der Waals surface area (Å²) in [7, 11) is 0. The van der Waals surface area contributed by atoms with Gasteiger partial charge in [0, 0.05) is 25.6 Å². The number of amides is 2. The molecule has 0 aliphatic carbocycles. The first-order valence-corrected chi connectivity index (χ1v) is 7.21. The number of carbonyl (C=O) groups is 2. The van der Waals surface area contributed by atoms with E-state index >= 15 is 0 Å². The number of rotatable bonds is 6. The van der Waals surface area contributed by atoms with Crippen molar-refractivity contribution >= 4 is 11.8 Å². The average Bonchev–Trinajstić information content (AvgIpc) is 2.37. The number of hydrogen-bond donors (Lipinski definition) is 1. The van der Waals surface area contributed by atoms with Crippen LogP contribution >= 0.6 is 0 Å². The van der Waals surface area contributed by atoms with E-state index < -0.39 is 0 Å². The first-order chi connectivity index (χ1) is 9.02. The summed E-state index contributed by atoms with van der Waals surface area (Å²) in [5.74, 6) is 0.169. The van der Waals surface area contributed by atoms with E-state index in [1.54, 1.807) is 0 Å². The van der Waals surface area contributed by atoms with Crippen molar-refractivity contribution in [3.63, 3.8) is 0 Å². The van der Waals surface area contributed by atoms with Crippen LogP contribution in [-0.4, -0.2) is 48.6 Å². The smallest absolute Gasteiger partial charge is 0.246 e. The molecule has 1 aliphatic rings. The van der Waals surface area contributed by atoms with E-state index in [0.29, 0.717) is 6.42 Å². The van der Waals surface area contributed by atoms with Crippen LogP contribution in [0.15, 0.2) is 0 Å². The van der Waals surface area contributed by atoms with Gasteiger partial charge in [0.2, 0.25) is 11.8 Å². The van der Waals surface area contributed by atoms with Crippen LogP contribution in [0.2, 0.25) is 0 Å². The van der Waals surface area contributed by atoms with E-state index in [1.807, 2.05) is 25.7 Å². The van der Waals surface area contributed by atoms with Crippen LogP contribution in [0.3, 0.4) is 0 Å². The summed E-state index contributed by atoms with van der Waals surface area (Å²) in [6.45, 7) is 7.44. The summed E-state index contributed by atoms with van der Waals surface area (Å²) in [5.41, 5.74) is 0. The molecule has 110 valence electrons. The normalized spacial score (nSPS) is 16.7. The van der Waals surface area contributed by atoms with Crippen molar-refractivity contribution < 1.29 is 14.3 Å². The van der Waals surface area contributed by atoms with E-state index in [2.05, 4.69) is 5.32 Å². The first-order valence-electron chi connectivity index (χ1n) is 7.21. The Balaban J connectivity index is 2.22. The molecule has 0 aromatic heterocycles. The number of carbonyl (C=O) groups excluding carboxylic acids is 2. The molecule has 0 radical (unpaired) electrons. The fourth-order valence-electron chi connectivity index (χ4n) is 2.16. The van der Waals surface area contributed by atoms with Gasteiger partial charge in [-0.3, -0.25) is 9.59 Å². The molecule has 0 saturated carbocycles. The maximum Gasteiger partial charge on any atom is 0.246 e. The Labute approximate surface area is 115 Å². The lowest BCUT2D eigenvalue weighted by Gasteiger charge is -2.32. The van der Waals surface area contributed by atoms with Gasteiger partial charge >= 0.3 is 0 Å². The summed E-state index contributed by atoms with van der Waals surface area (Å²) < 4.78 is 5.26. The number of piperidine rings is 1. The second-order valence-electron chi connectivity index (χ2n) is 5.33. The van der Waals surface area contributed by atoms with Crippen molar-refractivity contribution in [1.29, 1.82) is 0 Å². The third kappa shape index (κ3) is 6.05. The van der Waals surface area contributed by atoms with Crippen LogP contribution in [-0.2, 0) is 14.3 Å². The van der Waals surface area contributed by atoms with E-state index in [9.17, 15) is 9.59 Å². The second-order valence-corrected chi connectivity index (χ2v) is 5.33. The highest BCUT2D eigenvalue weighted by Crippen LogP contribution is 2.12. The molecule has 1 saturated heterocycles. The van der Waals surface area contributed by atoms with Crippen LogP contribution < -0.4 is 5.32 Å². The van der Waals surface area contributed by atoms with E-state index in [4.69, 9.17) is 4.74 Å². The summed E-state index contributed by atoms with van der Waals surface area (Å²) in [4.78, 5) is 25.2. The molecule has 0 bridgehead atoms. The van der Waals surface area contributed by atoms with Crippen molar-refractivity contribution in [2.75, 3.05) is 19.7 Å². The number of likely N-dealkylation sites (tertiary alicyclic amines) is 1. The highest BCUT2D eigenvalue weighted by Gasteiger charge is 2.23. The van der Waals surface area contributed by atoms with Gasteiger partial charge in [-0.2, -0.15) is 0 Å². The molecule has 1 heterocycles. The predicted octanol–water partition coefficient (Wildman–Crippen LogP) is 1.32. The molecule has 19 heavy (non-hydrogen) atoms. The molecule has 0 atom stereocenters. The maximum atomic E-state index is 11.7. The van der Waals surface area contributed by atoms with Crippen molar-refractivity contribution in [3.05, 3.63) is 0 Å². The molecule has 0 unspecified atom stereocenters. The second kappa shape index (κ2) is 8.15. The summed E-state index contributed by atoms with van der Waals surface area (Å²) in [6, 6.07) is 0.175. The molecule has 0 aromatic rings. The van der Waals surface area contributed by atoms with E-state index in [1.165, 1.54) is 0 Å². The minimum Gasteiger partial charge on any atom is -0.369 e. The molecule has 5 heteroatoms. The van der Waals surface area contributed by atoms with Gasteiger partial charge < -0.3 is 15.0 Å². The van der Waals surface area contributed by atoms with Crippen LogP contribution in [0, 0.1) is 0 Å². The monoisotopic (exact) mass is 270 g/mol. The lowest BCUT2D eigenvalue weighted by molar-refractivity contribution is -0.132. The standard InChI is InChI=1S/C14H26N2O3/c1-4-5-14(18)16-8-6-12(7-9-16)15-13(17)10-19-11(2)3/h11-12H,4-10H2,1-3H3,(H,15,17). The van der Waals surface area contributed by atoms with Gasteiger partial charge in [-0.05, 0) is 33.1 Å². The topological polar surface area (TPSA) is 58.6 Å². The number of ether oxygens (including phenoxy) is 1. The van der Waals surface area contributed by atoms with Crippen molar-refractivity contribution in [3.8, 4) is 0 Å². The van der Waals surface area contributed by atoms with Crippen LogP contribution in [0.4, 0.5) is 0 Å². The molecule has 1 N–H and O–H groups in total. The van der Waals surface area contributed by atoms with Crippen LogP contribution in [0.1, 0.15) is 46.5 Å².